The third kappa shape index (κ3) is 1.59. The number of hydrogen-bond acceptors (Lipinski definition) is 0. The quantitative estimate of drug-likeness (QED) is 0.631. The highest BCUT2D eigenvalue weighted by molar-refractivity contribution is 6.16. The molecule has 4 radical (unpaired) electrons. The van der Waals surface area contributed by atoms with Crippen LogP contribution in [0.3, 0.4) is 0 Å². The Balaban J connectivity index is 2.03. The zero-order valence-corrected chi connectivity index (χ0v) is 12.6. The summed E-state index contributed by atoms with van der Waals surface area (Å²) >= 11 is 0. The van der Waals surface area contributed by atoms with Gasteiger partial charge in [0.2, 0.25) is 0 Å². The first-order chi connectivity index (χ1) is 8.07. The summed E-state index contributed by atoms with van der Waals surface area (Å²) in [5.41, 5.74) is 0.710. The van der Waals surface area contributed by atoms with Gasteiger partial charge in [-0.3, -0.25) is 0 Å². The van der Waals surface area contributed by atoms with Gasteiger partial charge < -0.3 is 0 Å². The molecule has 0 aromatic rings. The molecule has 4 rings (SSSR count). The summed E-state index contributed by atoms with van der Waals surface area (Å²) in [7, 11) is 13.2. The van der Waals surface area contributed by atoms with Crippen molar-refractivity contribution in [3.63, 3.8) is 0 Å². The largest absolute Gasteiger partial charge is 0.0746 e. The molecular formula is C16H26B2. The van der Waals surface area contributed by atoms with Gasteiger partial charge >= 0.3 is 0 Å². The summed E-state index contributed by atoms with van der Waals surface area (Å²) in [5.74, 6) is 1.77. The van der Waals surface area contributed by atoms with Crippen molar-refractivity contribution in [2.24, 2.45) is 22.7 Å². The van der Waals surface area contributed by atoms with Crippen molar-refractivity contribution in [1.29, 1.82) is 0 Å². The van der Waals surface area contributed by atoms with Crippen LogP contribution in [0.5, 0.6) is 0 Å². The van der Waals surface area contributed by atoms with Crippen LogP contribution in [-0.4, -0.2) is 15.7 Å². The summed E-state index contributed by atoms with van der Waals surface area (Å²) in [6.45, 7) is 8.99. The van der Waals surface area contributed by atoms with Crippen LogP contribution in [0.25, 0.3) is 0 Å². The fourth-order valence-corrected chi connectivity index (χ4v) is 5.77. The molecule has 2 heteroatoms. The maximum Gasteiger partial charge on any atom is 0.0746 e. The molecule has 0 atom stereocenters. The molecule has 18 heavy (non-hydrogen) atoms. The lowest BCUT2D eigenvalue weighted by Crippen LogP contribution is -2.58. The fourth-order valence-electron chi connectivity index (χ4n) is 5.77. The van der Waals surface area contributed by atoms with Gasteiger partial charge in [-0.2, -0.15) is 0 Å². The minimum Gasteiger partial charge on any atom is -0.0674 e. The van der Waals surface area contributed by atoms with Gasteiger partial charge in [-0.25, -0.2) is 0 Å². The fraction of sp³-hybridized carbons (Fsp3) is 1.00. The summed E-state index contributed by atoms with van der Waals surface area (Å²) in [5, 5.41) is -0.109. The molecule has 0 aromatic heterocycles. The van der Waals surface area contributed by atoms with E-state index in [1.54, 1.807) is 0 Å². The molecule has 0 unspecified atom stereocenters. The maximum absolute atomic E-state index is 6.60. The van der Waals surface area contributed by atoms with Crippen LogP contribution in [0.1, 0.15) is 66.2 Å². The standard InChI is InChI=1S/C16H26B2/c1-13(2,17)15-6-11-5-12(7-15)9-16(8-11,10-15)14(3,4)18/h11-12H,5-10H2,1-4H3. The Hall–Kier alpha value is 0.130. The lowest BCUT2D eigenvalue weighted by atomic mass is 9.31. The Labute approximate surface area is 115 Å². The zero-order chi connectivity index (χ0) is 13.4. The molecule has 0 aromatic carbocycles. The van der Waals surface area contributed by atoms with E-state index in [9.17, 15) is 0 Å². The van der Waals surface area contributed by atoms with Gasteiger partial charge in [0.05, 0.1) is 15.7 Å². The second kappa shape index (κ2) is 3.41. The highest BCUT2D eigenvalue weighted by atomic mass is 14.7. The van der Waals surface area contributed by atoms with E-state index in [1.807, 2.05) is 0 Å². The van der Waals surface area contributed by atoms with Gasteiger partial charge in [0.1, 0.15) is 0 Å². The Morgan fingerprint density at radius 2 is 1.11 bits per heavy atom. The third-order valence-electron chi connectivity index (χ3n) is 6.79. The van der Waals surface area contributed by atoms with Crippen molar-refractivity contribution in [3.05, 3.63) is 0 Å². The highest BCUT2D eigenvalue weighted by Crippen LogP contribution is 2.75. The van der Waals surface area contributed by atoms with Crippen molar-refractivity contribution >= 4 is 15.7 Å². The summed E-state index contributed by atoms with van der Waals surface area (Å²) in [4.78, 5) is 0. The van der Waals surface area contributed by atoms with Crippen molar-refractivity contribution in [2.75, 3.05) is 0 Å². The van der Waals surface area contributed by atoms with Gasteiger partial charge in [0.15, 0.2) is 0 Å². The van der Waals surface area contributed by atoms with Crippen LogP contribution in [0.2, 0.25) is 10.6 Å². The van der Waals surface area contributed by atoms with E-state index in [0.29, 0.717) is 10.8 Å². The Kier molecular flexibility index (Phi) is 2.49. The van der Waals surface area contributed by atoms with E-state index in [1.165, 1.54) is 38.5 Å². The predicted octanol–water partition coefficient (Wildman–Crippen LogP) is 4.31. The molecule has 4 aliphatic rings. The van der Waals surface area contributed by atoms with E-state index in [0.717, 1.165) is 11.8 Å². The van der Waals surface area contributed by atoms with Crippen molar-refractivity contribution < 1.29 is 0 Å². The van der Waals surface area contributed by atoms with E-state index in [2.05, 4.69) is 27.7 Å². The van der Waals surface area contributed by atoms with Crippen molar-refractivity contribution in [1.82, 2.24) is 0 Å². The van der Waals surface area contributed by atoms with E-state index >= 15 is 0 Å². The maximum atomic E-state index is 6.60. The van der Waals surface area contributed by atoms with Crippen LogP contribution in [0, 0.1) is 22.7 Å². The first kappa shape index (κ1) is 13.1. The van der Waals surface area contributed by atoms with E-state index in [-0.39, 0.29) is 10.6 Å². The smallest absolute Gasteiger partial charge is 0.0674 e. The van der Waals surface area contributed by atoms with Crippen LogP contribution < -0.4 is 0 Å². The monoisotopic (exact) mass is 240 g/mol. The SMILES string of the molecule is [B]C(C)(C)C12CC3CC(C1)CC(C([B])(C)C)(C3)C2. The predicted molar refractivity (Wildman–Crippen MR) is 79.1 cm³/mol. The molecule has 0 saturated heterocycles. The topological polar surface area (TPSA) is 0 Å². The van der Waals surface area contributed by atoms with E-state index < -0.39 is 0 Å². The van der Waals surface area contributed by atoms with Gasteiger partial charge in [0, 0.05) is 0 Å². The lowest BCUT2D eigenvalue weighted by molar-refractivity contribution is -0.140. The summed E-state index contributed by atoms with van der Waals surface area (Å²) in [6, 6.07) is 0. The number of rotatable bonds is 2. The van der Waals surface area contributed by atoms with Crippen LogP contribution in [-0.2, 0) is 0 Å². The van der Waals surface area contributed by atoms with Crippen LogP contribution >= 0.6 is 0 Å². The van der Waals surface area contributed by atoms with Gasteiger partial charge in [-0.1, -0.05) is 38.3 Å². The molecule has 0 spiro atoms. The first-order valence-corrected chi connectivity index (χ1v) is 7.65. The molecular weight excluding hydrogens is 214 g/mol. The molecule has 0 amide bonds. The van der Waals surface area contributed by atoms with Gasteiger partial charge in [0.25, 0.3) is 0 Å². The van der Waals surface area contributed by atoms with Crippen LogP contribution in [0.4, 0.5) is 0 Å². The molecule has 0 N–H and O–H groups in total. The molecule has 0 nitrogen and oxygen atoms in total. The number of hydrogen-bond donors (Lipinski definition) is 0. The van der Waals surface area contributed by atoms with Crippen molar-refractivity contribution in [2.45, 2.75) is 76.8 Å². The molecule has 0 heterocycles. The molecule has 4 fully saturated rings. The minimum absolute atomic E-state index is 0.0543. The Morgan fingerprint density at radius 3 is 1.39 bits per heavy atom. The lowest BCUT2D eigenvalue weighted by Gasteiger charge is -2.70. The second-order valence-corrected chi connectivity index (χ2v) is 8.97. The Morgan fingerprint density at radius 1 is 0.778 bits per heavy atom. The summed E-state index contributed by atoms with van der Waals surface area (Å²) < 4.78 is 0. The molecule has 4 aliphatic carbocycles. The normalized spacial score (nSPS) is 47.6. The van der Waals surface area contributed by atoms with Crippen molar-refractivity contribution in [3.8, 4) is 0 Å². The third-order valence-corrected chi connectivity index (χ3v) is 6.79. The van der Waals surface area contributed by atoms with E-state index in [4.69, 9.17) is 15.7 Å². The molecule has 0 aliphatic heterocycles. The Bertz CT molecular complexity index is 312. The van der Waals surface area contributed by atoms with Gasteiger partial charge in [-0.15, -0.1) is 0 Å². The minimum atomic E-state index is -0.0543. The average Bonchev–Trinajstić information content (AvgIpc) is 2.11. The van der Waals surface area contributed by atoms with Crippen LogP contribution in [0.15, 0.2) is 0 Å². The summed E-state index contributed by atoms with van der Waals surface area (Å²) in [6.07, 6.45) is 8.11. The first-order valence-electron chi connectivity index (χ1n) is 7.65. The zero-order valence-electron chi connectivity index (χ0n) is 12.6. The highest BCUT2D eigenvalue weighted by Gasteiger charge is 2.63. The average molecular weight is 240 g/mol. The molecule has 4 saturated carbocycles. The molecule has 4 bridgehead atoms. The molecule has 96 valence electrons. The second-order valence-electron chi connectivity index (χ2n) is 8.97. The van der Waals surface area contributed by atoms with Gasteiger partial charge in [-0.05, 0) is 61.2 Å².